The smallest absolute Gasteiger partial charge is 0.241 e. The van der Waals surface area contributed by atoms with Gasteiger partial charge >= 0.3 is 0 Å². The van der Waals surface area contributed by atoms with E-state index in [9.17, 15) is 17.6 Å². The Morgan fingerprint density at radius 3 is 2.57 bits per heavy atom. The predicted octanol–water partition coefficient (Wildman–Crippen LogP) is 0.465. The molecule has 1 atom stereocenters. The highest BCUT2D eigenvalue weighted by molar-refractivity contribution is 7.91. The average molecular weight is 315 g/mol. The monoisotopic (exact) mass is 315 g/mol. The van der Waals surface area contributed by atoms with Crippen molar-refractivity contribution in [1.82, 2.24) is 4.90 Å². The van der Waals surface area contributed by atoms with E-state index in [1.54, 1.807) is 6.92 Å². The molecule has 0 saturated carbocycles. The fourth-order valence-corrected chi connectivity index (χ4v) is 3.38. The van der Waals surface area contributed by atoms with E-state index in [0.717, 1.165) is 0 Å². The van der Waals surface area contributed by atoms with Crippen molar-refractivity contribution >= 4 is 27.1 Å². The average Bonchev–Trinajstić information content (AvgIpc) is 2.42. The van der Waals surface area contributed by atoms with Crippen molar-refractivity contribution < 1.29 is 17.6 Å². The van der Waals surface area contributed by atoms with Crippen LogP contribution in [0.3, 0.4) is 0 Å². The number of carbonyl (C=O) groups is 1. The lowest BCUT2D eigenvalue weighted by molar-refractivity contribution is -0.120. The Bertz CT molecular complexity index is 634. The minimum atomic E-state index is -2.98. The summed E-state index contributed by atoms with van der Waals surface area (Å²) < 4.78 is 35.8. The molecule has 0 spiro atoms. The van der Waals surface area contributed by atoms with Crippen molar-refractivity contribution in [3.63, 3.8) is 0 Å². The van der Waals surface area contributed by atoms with E-state index in [4.69, 9.17) is 5.73 Å². The SMILES string of the molecule is CC(C(=O)Nc1ccc(F)c(N)c1)N1CCS(=O)(=O)CC1. The van der Waals surface area contributed by atoms with E-state index in [-0.39, 0.29) is 23.1 Å². The topological polar surface area (TPSA) is 92.5 Å². The molecule has 3 N–H and O–H groups in total. The third-order valence-corrected chi connectivity index (χ3v) is 5.18. The van der Waals surface area contributed by atoms with Crippen molar-refractivity contribution in [3.8, 4) is 0 Å². The summed E-state index contributed by atoms with van der Waals surface area (Å²) in [6, 6.07) is 3.49. The maximum Gasteiger partial charge on any atom is 0.241 e. The minimum Gasteiger partial charge on any atom is -0.396 e. The molecule has 21 heavy (non-hydrogen) atoms. The fraction of sp³-hybridized carbons (Fsp3) is 0.462. The second kappa shape index (κ2) is 5.98. The third kappa shape index (κ3) is 3.92. The lowest BCUT2D eigenvalue weighted by Crippen LogP contribution is -2.49. The number of amides is 1. The van der Waals surface area contributed by atoms with Crippen molar-refractivity contribution in [2.75, 3.05) is 35.6 Å². The number of nitrogens with zero attached hydrogens (tertiary/aromatic N) is 1. The quantitative estimate of drug-likeness (QED) is 0.791. The summed E-state index contributed by atoms with van der Waals surface area (Å²) in [6.45, 7) is 2.38. The Kier molecular flexibility index (Phi) is 4.48. The van der Waals surface area contributed by atoms with Crippen molar-refractivity contribution in [2.24, 2.45) is 0 Å². The minimum absolute atomic E-state index is 0.0375. The van der Waals surface area contributed by atoms with Crippen molar-refractivity contribution in [1.29, 1.82) is 0 Å². The summed E-state index contributed by atoms with van der Waals surface area (Å²) in [7, 11) is -2.98. The predicted molar refractivity (Wildman–Crippen MR) is 79.1 cm³/mol. The zero-order valence-corrected chi connectivity index (χ0v) is 12.5. The Balaban J connectivity index is 1.98. The Hall–Kier alpha value is -1.67. The van der Waals surface area contributed by atoms with Crippen LogP contribution in [0.1, 0.15) is 6.92 Å². The number of nitrogen functional groups attached to an aromatic ring is 1. The van der Waals surface area contributed by atoms with Crippen LogP contribution in [0, 0.1) is 5.82 Å². The summed E-state index contributed by atoms with van der Waals surface area (Å²) >= 11 is 0. The van der Waals surface area contributed by atoms with Gasteiger partial charge in [0.1, 0.15) is 5.82 Å². The highest BCUT2D eigenvalue weighted by atomic mass is 32.2. The Morgan fingerprint density at radius 2 is 2.00 bits per heavy atom. The van der Waals surface area contributed by atoms with Gasteiger partial charge in [-0.1, -0.05) is 0 Å². The third-order valence-electron chi connectivity index (χ3n) is 3.57. The first kappa shape index (κ1) is 15.7. The second-order valence-electron chi connectivity index (χ2n) is 5.09. The first-order valence-electron chi connectivity index (χ1n) is 6.59. The molecule has 1 unspecified atom stereocenters. The van der Waals surface area contributed by atoms with Gasteiger partial charge in [0.25, 0.3) is 0 Å². The molecule has 1 saturated heterocycles. The van der Waals surface area contributed by atoms with E-state index in [1.165, 1.54) is 18.2 Å². The van der Waals surface area contributed by atoms with Crippen LogP contribution in [0.2, 0.25) is 0 Å². The molecule has 1 aliphatic heterocycles. The number of nitrogens with one attached hydrogen (secondary N) is 1. The van der Waals surface area contributed by atoms with Crippen molar-refractivity contribution in [2.45, 2.75) is 13.0 Å². The largest absolute Gasteiger partial charge is 0.396 e. The highest BCUT2D eigenvalue weighted by Crippen LogP contribution is 2.17. The van der Waals surface area contributed by atoms with Gasteiger partial charge in [-0.2, -0.15) is 0 Å². The molecule has 1 aromatic carbocycles. The lowest BCUT2D eigenvalue weighted by atomic mass is 10.2. The zero-order chi connectivity index (χ0) is 15.6. The van der Waals surface area contributed by atoms with Gasteiger partial charge in [0.15, 0.2) is 9.84 Å². The molecule has 1 aromatic rings. The summed E-state index contributed by atoms with van der Waals surface area (Å²) in [5.74, 6) is -0.690. The van der Waals surface area contributed by atoms with Crippen LogP contribution in [0.15, 0.2) is 18.2 Å². The molecular weight excluding hydrogens is 297 g/mol. The molecule has 1 aliphatic rings. The molecular formula is C13H18FN3O3S. The van der Waals surface area contributed by atoms with Gasteiger partial charge in [-0.05, 0) is 25.1 Å². The van der Waals surface area contributed by atoms with Gasteiger partial charge in [-0.15, -0.1) is 0 Å². The van der Waals surface area contributed by atoms with E-state index in [1.807, 2.05) is 4.90 Å². The van der Waals surface area contributed by atoms with E-state index in [2.05, 4.69) is 5.32 Å². The number of rotatable bonds is 3. The molecule has 0 aliphatic carbocycles. The molecule has 1 heterocycles. The van der Waals surface area contributed by atoms with Crippen LogP contribution in [-0.4, -0.2) is 49.9 Å². The second-order valence-corrected chi connectivity index (χ2v) is 7.39. The number of anilines is 2. The number of nitrogens with two attached hydrogens (primary N) is 1. The molecule has 0 radical (unpaired) electrons. The van der Waals surface area contributed by atoms with Gasteiger partial charge in [-0.3, -0.25) is 9.69 Å². The van der Waals surface area contributed by atoms with Gasteiger partial charge in [0, 0.05) is 18.8 Å². The molecule has 8 heteroatoms. The molecule has 1 amide bonds. The molecule has 1 fully saturated rings. The van der Waals surface area contributed by atoms with Crippen LogP contribution >= 0.6 is 0 Å². The summed E-state index contributed by atoms with van der Waals surface area (Å²) in [5, 5.41) is 2.65. The summed E-state index contributed by atoms with van der Waals surface area (Å²) in [4.78, 5) is 13.9. The highest BCUT2D eigenvalue weighted by Gasteiger charge is 2.28. The van der Waals surface area contributed by atoms with Crippen LogP contribution in [0.25, 0.3) is 0 Å². The first-order valence-corrected chi connectivity index (χ1v) is 8.41. The molecule has 116 valence electrons. The van der Waals surface area contributed by atoms with Crippen LogP contribution in [0.4, 0.5) is 15.8 Å². The van der Waals surface area contributed by atoms with Crippen LogP contribution in [-0.2, 0) is 14.6 Å². The number of sulfone groups is 1. The molecule has 0 bridgehead atoms. The van der Waals surface area contributed by atoms with E-state index in [0.29, 0.717) is 18.8 Å². The standard InChI is InChI=1S/C13H18FN3O3S/c1-9(17-4-6-21(19,20)7-5-17)13(18)16-10-2-3-11(14)12(15)8-10/h2-3,8-9H,4-7,15H2,1H3,(H,16,18). The summed E-state index contributed by atoms with van der Waals surface area (Å²) in [5.41, 5.74) is 5.82. The van der Waals surface area contributed by atoms with Gasteiger partial charge < -0.3 is 11.1 Å². The lowest BCUT2D eigenvalue weighted by Gasteiger charge is -2.31. The van der Waals surface area contributed by atoms with Gasteiger partial charge in [0.05, 0.1) is 23.2 Å². The number of halogens is 1. The van der Waals surface area contributed by atoms with E-state index >= 15 is 0 Å². The number of hydrogen-bond donors (Lipinski definition) is 2. The number of hydrogen-bond acceptors (Lipinski definition) is 5. The zero-order valence-electron chi connectivity index (χ0n) is 11.7. The molecule has 6 nitrogen and oxygen atoms in total. The molecule has 0 aromatic heterocycles. The maximum atomic E-state index is 13.1. The fourth-order valence-electron chi connectivity index (χ4n) is 2.15. The van der Waals surface area contributed by atoms with Crippen molar-refractivity contribution in [3.05, 3.63) is 24.0 Å². The maximum absolute atomic E-state index is 13.1. The van der Waals surface area contributed by atoms with Crippen LogP contribution < -0.4 is 11.1 Å². The number of benzene rings is 1. The molecule has 2 rings (SSSR count). The van der Waals surface area contributed by atoms with Crippen LogP contribution in [0.5, 0.6) is 0 Å². The Morgan fingerprint density at radius 1 is 1.38 bits per heavy atom. The normalized spacial score (nSPS) is 19.9. The Labute approximate surface area is 123 Å². The summed E-state index contributed by atoms with van der Waals surface area (Å²) in [6.07, 6.45) is 0. The van der Waals surface area contributed by atoms with Gasteiger partial charge in [0.2, 0.25) is 5.91 Å². The van der Waals surface area contributed by atoms with E-state index < -0.39 is 21.7 Å². The number of carbonyl (C=O) groups excluding carboxylic acids is 1. The first-order chi connectivity index (χ1) is 9.78. The van der Waals surface area contributed by atoms with Gasteiger partial charge in [-0.25, -0.2) is 12.8 Å².